The Bertz CT molecular complexity index is 593. The van der Waals surface area contributed by atoms with Gasteiger partial charge in [0.1, 0.15) is 0 Å². The Morgan fingerprint density at radius 2 is 2.22 bits per heavy atom. The van der Waals surface area contributed by atoms with E-state index in [0.29, 0.717) is 24.9 Å². The van der Waals surface area contributed by atoms with Gasteiger partial charge in [0.25, 0.3) is 5.91 Å². The van der Waals surface area contributed by atoms with Crippen molar-refractivity contribution in [2.24, 2.45) is 0 Å². The maximum Gasteiger partial charge on any atom is 0.255 e. The van der Waals surface area contributed by atoms with Gasteiger partial charge in [-0.3, -0.25) is 14.4 Å². The summed E-state index contributed by atoms with van der Waals surface area (Å²) in [5.74, 6) is -0.202. The van der Waals surface area contributed by atoms with Crippen LogP contribution in [0.15, 0.2) is 23.1 Å². The highest BCUT2D eigenvalue weighted by Gasteiger charge is 2.34. The quantitative estimate of drug-likeness (QED) is 0.827. The van der Waals surface area contributed by atoms with Crippen LogP contribution in [0.2, 0.25) is 0 Å². The van der Waals surface area contributed by atoms with Crippen LogP contribution in [-0.2, 0) is 9.53 Å². The number of carbonyl (C=O) groups excluding carboxylic acids is 2. The number of nitrogens with one attached hydrogen (secondary N) is 2. The molecule has 1 aromatic heterocycles. The zero-order valence-corrected chi connectivity index (χ0v) is 13.5. The number of hydrogen-bond acceptors (Lipinski definition) is 4. The molecule has 1 aliphatic heterocycles. The first-order valence-electron chi connectivity index (χ1n) is 7.80. The summed E-state index contributed by atoms with van der Waals surface area (Å²) in [4.78, 5) is 39.7. The third-order valence-corrected chi connectivity index (χ3v) is 4.26. The summed E-state index contributed by atoms with van der Waals surface area (Å²) in [6, 6.07) is 2.71. The molecule has 0 unspecified atom stereocenters. The van der Waals surface area contributed by atoms with Gasteiger partial charge in [0, 0.05) is 39.4 Å². The number of aromatic nitrogens is 1. The Labute approximate surface area is 135 Å². The number of likely N-dealkylation sites (tertiary alicyclic amines) is 1. The van der Waals surface area contributed by atoms with E-state index in [1.807, 2.05) is 0 Å². The highest BCUT2D eigenvalue weighted by atomic mass is 16.5. The molecule has 2 rings (SSSR count). The molecule has 2 heterocycles. The number of carbonyl (C=O) groups is 2. The van der Waals surface area contributed by atoms with E-state index in [4.69, 9.17) is 4.74 Å². The van der Waals surface area contributed by atoms with E-state index in [9.17, 15) is 14.4 Å². The number of methoxy groups -OCH3 is 1. The van der Waals surface area contributed by atoms with Gasteiger partial charge in [-0.25, -0.2) is 0 Å². The molecule has 1 aromatic rings. The summed E-state index contributed by atoms with van der Waals surface area (Å²) in [6.45, 7) is 0.621. The van der Waals surface area contributed by atoms with E-state index in [1.165, 1.54) is 18.3 Å². The summed E-state index contributed by atoms with van der Waals surface area (Å²) < 4.78 is 5.52. The highest BCUT2D eigenvalue weighted by Crippen LogP contribution is 2.25. The lowest BCUT2D eigenvalue weighted by Crippen LogP contribution is -2.52. The normalized spacial score (nSPS) is 21.0. The van der Waals surface area contributed by atoms with Crippen LogP contribution in [-0.4, -0.2) is 54.5 Å². The maximum absolute atomic E-state index is 12.7. The third kappa shape index (κ3) is 4.19. The van der Waals surface area contributed by atoms with Gasteiger partial charge in [-0.15, -0.1) is 0 Å². The van der Waals surface area contributed by atoms with Crippen molar-refractivity contribution in [3.8, 4) is 0 Å². The van der Waals surface area contributed by atoms with Crippen LogP contribution in [0, 0.1) is 0 Å². The summed E-state index contributed by atoms with van der Waals surface area (Å²) in [7, 11) is 3.23. The second-order valence-corrected chi connectivity index (χ2v) is 5.64. The van der Waals surface area contributed by atoms with Gasteiger partial charge in [-0.2, -0.15) is 0 Å². The fourth-order valence-electron chi connectivity index (χ4n) is 3.00. The van der Waals surface area contributed by atoms with Crippen LogP contribution in [0.1, 0.15) is 36.0 Å². The van der Waals surface area contributed by atoms with Gasteiger partial charge in [0.05, 0.1) is 17.7 Å². The number of pyridine rings is 1. The lowest BCUT2D eigenvalue weighted by Gasteiger charge is -2.40. The number of H-pyrrole nitrogens is 1. The van der Waals surface area contributed by atoms with Crippen molar-refractivity contribution in [3.63, 3.8) is 0 Å². The minimum atomic E-state index is -0.244. The van der Waals surface area contributed by atoms with Crippen molar-refractivity contribution in [1.82, 2.24) is 15.2 Å². The molecule has 1 fully saturated rings. The van der Waals surface area contributed by atoms with Crippen LogP contribution < -0.4 is 10.9 Å². The molecule has 1 aliphatic rings. The topological polar surface area (TPSA) is 91.5 Å². The average molecular weight is 321 g/mol. The number of nitrogens with zero attached hydrogens (tertiary/aromatic N) is 1. The van der Waals surface area contributed by atoms with Crippen molar-refractivity contribution in [2.75, 3.05) is 20.7 Å². The SMILES string of the molecule is CNC(=O)CC[C@H]1[C@@H](OC)CCCN1C(=O)c1ccc(=O)[nH]c1. The fraction of sp³-hybridized carbons (Fsp3) is 0.562. The monoisotopic (exact) mass is 321 g/mol. The molecule has 0 aromatic carbocycles. The molecule has 23 heavy (non-hydrogen) atoms. The summed E-state index contributed by atoms with van der Waals surface area (Å²) in [5, 5.41) is 2.60. The standard InChI is InChI=1S/C16H23N3O4/c1-17-14(20)8-6-12-13(23-2)4-3-9-19(12)16(22)11-5-7-15(21)18-10-11/h5,7,10,12-13H,3-4,6,8-9H2,1-2H3,(H,17,20)(H,18,21)/t12-,13-/m0/s1. The van der Waals surface area contributed by atoms with E-state index in [2.05, 4.69) is 10.3 Å². The predicted molar refractivity (Wildman–Crippen MR) is 85.2 cm³/mol. The number of aromatic amines is 1. The first kappa shape index (κ1) is 17.2. The zero-order valence-electron chi connectivity index (χ0n) is 13.5. The molecule has 7 heteroatoms. The Morgan fingerprint density at radius 1 is 1.43 bits per heavy atom. The van der Waals surface area contributed by atoms with Gasteiger partial charge in [0.2, 0.25) is 11.5 Å². The number of hydrogen-bond donors (Lipinski definition) is 2. The van der Waals surface area contributed by atoms with Gasteiger partial charge >= 0.3 is 0 Å². The molecular weight excluding hydrogens is 298 g/mol. The first-order valence-corrected chi connectivity index (χ1v) is 7.80. The zero-order chi connectivity index (χ0) is 16.8. The number of amides is 2. The lowest BCUT2D eigenvalue weighted by molar-refractivity contribution is -0.121. The molecule has 126 valence electrons. The Hall–Kier alpha value is -2.15. The van der Waals surface area contributed by atoms with E-state index in [1.54, 1.807) is 19.1 Å². The van der Waals surface area contributed by atoms with Crippen molar-refractivity contribution in [2.45, 2.75) is 37.8 Å². The van der Waals surface area contributed by atoms with Crippen molar-refractivity contribution in [1.29, 1.82) is 0 Å². The van der Waals surface area contributed by atoms with E-state index >= 15 is 0 Å². The molecule has 2 atom stereocenters. The molecule has 7 nitrogen and oxygen atoms in total. The molecule has 0 aliphatic carbocycles. The van der Waals surface area contributed by atoms with E-state index in [-0.39, 0.29) is 29.5 Å². The highest BCUT2D eigenvalue weighted by molar-refractivity contribution is 5.94. The van der Waals surface area contributed by atoms with Crippen LogP contribution in [0.25, 0.3) is 0 Å². The molecule has 2 N–H and O–H groups in total. The summed E-state index contributed by atoms with van der Waals surface area (Å²) in [5.41, 5.74) is 0.192. The average Bonchev–Trinajstić information content (AvgIpc) is 2.59. The number of ether oxygens (including phenoxy) is 1. The first-order chi connectivity index (χ1) is 11.1. The summed E-state index contributed by atoms with van der Waals surface area (Å²) in [6.07, 6.45) is 3.95. The second kappa shape index (κ2) is 7.92. The van der Waals surface area contributed by atoms with Crippen LogP contribution in [0.3, 0.4) is 0 Å². The fourth-order valence-corrected chi connectivity index (χ4v) is 3.00. The van der Waals surface area contributed by atoms with Gasteiger partial charge in [-0.05, 0) is 25.3 Å². The van der Waals surface area contributed by atoms with Crippen LogP contribution in [0.4, 0.5) is 0 Å². The Kier molecular flexibility index (Phi) is 5.92. The van der Waals surface area contributed by atoms with Crippen molar-refractivity contribution >= 4 is 11.8 Å². The van der Waals surface area contributed by atoms with Gasteiger partial charge < -0.3 is 19.9 Å². The molecule has 0 spiro atoms. The minimum absolute atomic E-state index is 0.0538. The van der Waals surface area contributed by atoms with Crippen LogP contribution in [0.5, 0.6) is 0 Å². The molecule has 0 bridgehead atoms. The van der Waals surface area contributed by atoms with Gasteiger partial charge in [0.15, 0.2) is 0 Å². The number of rotatable bonds is 5. The minimum Gasteiger partial charge on any atom is -0.379 e. The maximum atomic E-state index is 12.7. The van der Waals surface area contributed by atoms with Crippen molar-refractivity contribution < 1.29 is 14.3 Å². The molecule has 2 amide bonds. The van der Waals surface area contributed by atoms with Crippen molar-refractivity contribution in [3.05, 3.63) is 34.2 Å². The van der Waals surface area contributed by atoms with E-state index in [0.717, 1.165) is 12.8 Å². The predicted octanol–water partition coefficient (Wildman–Crippen LogP) is 0.521. The lowest BCUT2D eigenvalue weighted by atomic mass is 9.93. The number of piperidine rings is 1. The molecule has 1 saturated heterocycles. The molecule has 0 saturated carbocycles. The van der Waals surface area contributed by atoms with Crippen LogP contribution >= 0.6 is 0 Å². The Balaban J connectivity index is 2.17. The molecule has 0 radical (unpaired) electrons. The Morgan fingerprint density at radius 3 is 2.83 bits per heavy atom. The molecular formula is C16H23N3O4. The third-order valence-electron chi connectivity index (χ3n) is 4.26. The smallest absolute Gasteiger partial charge is 0.255 e. The van der Waals surface area contributed by atoms with E-state index < -0.39 is 0 Å². The summed E-state index contributed by atoms with van der Waals surface area (Å²) >= 11 is 0. The largest absolute Gasteiger partial charge is 0.379 e. The van der Waals surface area contributed by atoms with Gasteiger partial charge in [-0.1, -0.05) is 0 Å². The second-order valence-electron chi connectivity index (χ2n) is 5.64.